The Labute approximate surface area is 63.5 Å². The summed E-state index contributed by atoms with van der Waals surface area (Å²) >= 11 is 0. The van der Waals surface area contributed by atoms with E-state index in [0.717, 1.165) is 13.2 Å². The molecule has 62 valence electrons. The first-order valence-corrected chi connectivity index (χ1v) is 3.90. The maximum Gasteiger partial charge on any atom is 0.154 e. The molecule has 0 aromatic heterocycles. The highest BCUT2D eigenvalue weighted by Gasteiger charge is 2.00. The van der Waals surface area contributed by atoms with E-state index in [0.29, 0.717) is 5.92 Å². The van der Waals surface area contributed by atoms with Crippen LogP contribution in [-0.2, 0) is 9.47 Å². The van der Waals surface area contributed by atoms with E-state index in [2.05, 4.69) is 13.8 Å². The quantitative estimate of drug-likeness (QED) is 0.552. The summed E-state index contributed by atoms with van der Waals surface area (Å²) in [4.78, 5) is 0. The van der Waals surface area contributed by atoms with Crippen LogP contribution < -0.4 is 0 Å². The minimum Gasteiger partial charge on any atom is -0.353 e. The van der Waals surface area contributed by atoms with E-state index in [1.807, 2.05) is 13.8 Å². The Morgan fingerprint density at radius 3 is 2.10 bits per heavy atom. The molecular weight excluding hydrogens is 128 g/mol. The third-order valence-electron chi connectivity index (χ3n) is 1.07. The molecule has 0 aliphatic heterocycles. The first kappa shape index (κ1) is 9.92. The standard InChI is InChI=1S/C8H18O2/c1-5-9-8(4)10-6-7(2)3/h7-8H,5-6H2,1-4H3/t8-/m0/s1. The second-order valence-corrected chi connectivity index (χ2v) is 2.75. The molecule has 0 radical (unpaired) electrons. The molecule has 0 amide bonds. The molecule has 0 aromatic carbocycles. The molecule has 0 aliphatic carbocycles. The molecule has 10 heavy (non-hydrogen) atoms. The van der Waals surface area contributed by atoms with Crippen molar-refractivity contribution in [2.45, 2.75) is 34.0 Å². The third-order valence-corrected chi connectivity index (χ3v) is 1.07. The van der Waals surface area contributed by atoms with E-state index in [9.17, 15) is 0 Å². The lowest BCUT2D eigenvalue weighted by Crippen LogP contribution is -2.15. The summed E-state index contributed by atoms with van der Waals surface area (Å²) in [6, 6.07) is 0. The topological polar surface area (TPSA) is 18.5 Å². The highest BCUT2D eigenvalue weighted by molar-refractivity contribution is 4.40. The molecule has 0 heterocycles. The molecule has 0 bridgehead atoms. The van der Waals surface area contributed by atoms with Crippen LogP contribution in [0.2, 0.25) is 0 Å². The smallest absolute Gasteiger partial charge is 0.154 e. The SMILES string of the molecule is CCO[C@H](C)OCC(C)C. The van der Waals surface area contributed by atoms with Gasteiger partial charge in [-0.25, -0.2) is 0 Å². The van der Waals surface area contributed by atoms with Crippen molar-refractivity contribution in [2.24, 2.45) is 5.92 Å². The number of hydrogen-bond acceptors (Lipinski definition) is 2. The Bertz CT molecular complexity index is 71.7. The van der Waals surface area contributed by atoms with Crippen molar-refractivity contribution in [3.05, 3.63) is 0 Å². The van der Waals surface area contributed by atoms with Crippen molar-refractivity contribution in [1.82, 2.24) is 0 Å². The molecule has 0 fully saturated rings. The van der Waals surface area contributed by atoms with Gasteiger partial charge in [0.05, 0.1) is 6.61 Å². The molecule has 0 saturated carbocycles. The molecule has 2 heteroatoms. The Balaban J connectivity index is 3.12. The fourth-order valence-electron chi connectivity index (χ4n) is 0.611. The van der Waals surface area contributed by atoms with E-state index >= 15 is 0 Å². The van der Waals surface area contributed by atoms with Gasteiger partial charge in [-0.05, 0) is 19.8 Å². The van der Waals surface area contributed by atoms with Crippen LogP contribution in [0.4, 0.5) is 0 Å². The highest BCUT2D eigenvalue weighted by atomic mass is 16.7. The van der Waals surface area contributed by atoms with Gasteiger partial charge in [0.25, 0.3) is 0 Å². The zero-order valence-electron chi connectivity index (χ0n) is 7.39. The average Bonchev–Trinajstić information content (AvgIpc) is 1.85. The highest BCUT2D eigenvalue weighted by Crippen LogP contribution is 1.98. The molecule has 0 spiro atoms. The first-order chi connectivity index (χ1) is 4.66. The van der Waals surface area contributed by atoms with Crippen LogP contribution in [0.25, 0.3) is 0 Å². The van der Waals surface area contributed by atoms with Crippen molar-refractivity contribution in [3.63, 3.8) is 0 Å². The Kier molecular flexibility index (Phi) is 5.64. The predicted octanol–water partition coefficient (Wildman–Crippen LogP) is 2.04. The number of hydrogen-bond donors (Lipinski definition) is 0. The molecule has 0 unspecified atom stereocenters. The maximum absolute atomic E-state index is 5.32. The Hall–Kier alpha value is -0.0800. The van der Waals surface area contributed by atoms with Gasteiger partial charge >= 0.3 is 0 Å². The van der Waals surface area contributed by atoms with Crippen LogP contribution in [0.1, 0.15) is 27.7 Å². The Morgan fingerprint density at radius 1 is 1.10 bits per heavy atom. The summed E-state index contributed by atoms with van der Waals surface area (Å²) in [6.45, 7) is 9.64. The molecule has 0 aliphatic rings. The molecule has 0 N–H and O–H groups in total. The van der Waals surface area contributed by atoms with Gasteiger partial charge in [0, 0.05) is 6.61 Å². The maximum atomic E-state index is 5.32. The van der Waals surface area contributed by atoms with Crippen LogP contribution in [0.5, 0.6) is 0 Å². The lowest BCUT2D eigenvalue weighted by molar-refractivity contribution is -0.133. The predicted molar refractivity (Wildman–Crippen MR) is 41.9 cm³/mol. The van der Waals surface area contributed by atoms with Gasteiger partial charge in [0.2, 0.25) is 0 Å². The van der Waals surface area contributed by atoms with E-state index in [-0.39, 0.29) is 6.29 Å². The van der Waals surface area contributed by atoms with Crippen molar-refractivity contribution in [1.29, 1.82) is 0 Å². The van der Waals surface area contributed by atoms with Gasteiger partial charge in [-0.1, -0.05) is 13.8 Å². The minimum atomic E-state index is -0.0487. The van der Waals surface area contributed by atoms with Gasteiger partial charge < -0.3 is 9.47 Å². The zero-order chi connectivity index (χ0) is 7.98. The summed E-state index contributed by atoms with van der Waals surface area (Å²) in [5.41, 5.74) is 0. The number of rotatable bonds is 5. The van der Waals surface area contributed by atoms with E-state index < -0.39 is 0 Å². The first-order valence-electron chi connectivity index (χ1n) is 3.90. The van der Waals surface area contributed by atoms with Crippen molar-refractivity contribution < 1.29 is 9.47 Å². The molecule has 0 aromatic rings. The van der Waals surface area contributed by atoms with Gasteiger partial charge in [-0.2, -0.15) is 0 Å². The lowest BCUT2D eigenvalue weighted by atomic mass is 10.2. The molecular formula is C8H18O2. The van der Waals surface area contributed by atoms with Gasteiger partial charge in [0.15, 0.2) is 6.29 Å². The Morgan fingerprint density at radius 2 is 1.70 bits per heavy atom. The van der Waals surface area contributed by atoms with Crippen LogP contribution >= 0.6 is 0 Å². The van der Waals surface area contributed by atoms with E-state index in [1.165, 1.54) is 0 Å². The van der Waals surface area contributed by atoms with Crippen LogP contribution in [-0.4, -0.2) is 19.5 Å². The largest absolute Gasteiger partial charge is 0.353 e. The summed E-state index contributed by atoms with van der Waals surface area (Å²) < 4.78 is 10.5. The van der Waals surface area contributed by atoms with Crippen LogP contribution in [0, 0.1) is 5.92 Å². The molecule has 1 atom stereocenters. The van der Waals surface area contributed by atoms with E-state index in [4.69, 9.17) is 9.47 Å². The van der Waals surface area contributed by atoms with Crippen LogP contribution in [0.3, 0.4) is 0 Å². The molecule has 2 nitrogen and oxygen atoms in total. The normalized spacial score (nSPS) is 14.1. The van der Waals surface area contributed by atoms with Crippen molar-refractivity contribution in [3.8, 4) is 0 Å². The zero-order valence-corrected chi connectivity index (χ0v) is 7.39. The van der Waals surface area contributed by atoms with E-state index in [1.54, 1.807) is 0 Å². The fourth-order valence-corrected chi connectivity index (χ4v) is 0.611. The second-order valence-electron chi connectivity index (χ2n) is 2.75. The van der Waals surface area contributed by atoms with Gasteiger partial charge in [-0.3, -0.25) is 0 Å². The van der Waals surface area contributed by atoms with Crippen molar-refractivity contribution in [2.75, 3.05) is 13.2 Å². The fraction of sp³-hybridized carbons (Fsp3) is 1.00. The second kappa shape index (κ2) is 5.69. The lowest BCUT2D eigenvalue weighted by Gasteiger charge is -2.13. The monoisotopic (exact) mass is 146 g/mol. The minimum absolute atomic E-state index is 0.0487. The summed E-state index contributed by atoms with van der Waals surface area (Å²) in [7, 11) is 0. The average molecular weight is 146 g/mol. The number of ether oxygens (including phenoxy) is 2. The van der Waals surface area contributed by atoms with Crippen LogP contribution in [0.15, 0.2) is 0 Å². The molecule has 0 rings (SSSR count). The van der Waals surface area contributed by atoms with Gasteiger partial charge in [0.1, 0.15) is 0 Å². The summed E-state index contributed by atoms with van der Waals surface area (Å²) in [5, 5.41) is 0. The van der Waals surface area contributed by atoms with Crippen molar-refractivity contribution >= 4 is 0 Å². The summed E-state index contributed by atoms with van der Waals surface area (Å²) in [6.07, 6.45) is -0.0487. The third kappa shape index (κ3) is 6.05. The molecule has 0 saturated heterocycles. The van der Waals surface area contributed by atoms with Gasteiger partial charge in [-0.15, -0.1) is 0 Å². The summed E-state index contributed by atoms with van der Waals surface area (Å²) in [5.74, 6) is 0.586.